The summed E-state index contributed by atoms with van der Waals surface area (Å²) in [7, 11) is 1.63. The molecule has 1 N–H and O–H groups in total. The highest BCUT2D eigenvalue weighted by Gasteiger charge is 2.19. The number of amides is 1. The Bertz CT molecular complexity index is 1180. The summed E-state index contributed by atoms with van der Waals surface area (Å²) in [6, 6.07) is 16.2. The molecule has 4 nitrogen and oxygen atoms in total. The van der Waals surface area contributed by atoms with Gasteiger partial charge in [0.25, 0.3) is 0 Å². The number of aryl methyl sites for hydroxylation is 2. The quantitative estimate of drug-likeness (QED) is 0.561. The van der Waals surface area contributed by atoms with Gasteiger partial charge in [0.15, 0.2) is 5.13 Å². The van der Waals surface area contributed by atoms with Crippen LogP contribution in [-0.2, 0) is 24.1 Å². The second-order valence-electron chi connectivity index (χ2n) is 6.81. The first-order valence-corrected chi connectivity index (χ1v) is 9.80. The van der Waals surface area contributed by atoms with E-state index in [-0.39, 0.29) is 5.91 Å². The van der Waals surface area contributed by atoms with E-state index in [4.69, 9.17) is 9.72 Å². The number of hydrogen-bond acceptors (Lipinski definition) is 4. The molecular formula is C22H18N2O2S. The molecule has 1 aliphatic carbocycles. The Labute approximate surface area is 160 Å². The molecule has 5 heteroatoms. The minimum Gasteiger partial charge on any atom is -0.497 e. The molecule has 1 amide bonds. The Morgan fingerprint density at radius 3 is 2.78 bits per heavy atom. The topological polar surface area (TPSA) is 51.2 Å². The van der Waals surface area contributed by atoms with E-state index in [1.54, 1.807) is 18.4 Å². The van der Waals surface area contributed by atoms with Crippen molar-refractivity contribution in [3.8, 4) is 5.75 Å². The van der Waals surface area contributed by atoms with Gasteiger partial charge in [-0.05, 0) is 53.1 Å². The molecule has 0 atom stereocenters. The van der Waals surface area contributed by atoms with Crippen molar-refractivity contribution in [1.29, 1.82) is 0 Å². The molecule has 3 aromatic carbocycles. The first-order valence-electron chi connectivity index (χ1n) is 8.98. The van der Waals surface area contributed by atoms with Gasteiger partial charge in [0, 0.05) is 5.39 Å². The summed E-state index contributed by atoms with van der Waals surface area (Å²) in [4.78, 5) is 17.2. The van der Waals surface area contributed by atoms with Crippen LogP contribution in [0.4, 0.5) is 5.13 Å². The van der Waals surface area contributed by atoms with Gasteiger partial charge in [-0.3, -0.25) is 4.79 Å². The number of ether oxygens (including phenoxy) is 1. The summed E-state index contributed by atoms with van der Waals surface area (Å²) < 4.78 is 6.29. The van der Waals surface area contributed by atoms with Gasteiger partial charge in [0.05, 0.1) is 23.7 Å². The second-order valence-corrected chi connectivity index (χ2v) is 7.84. The van der Waals surface area contributed by atoms with Gasteiger partial charge in [-0.2, -0.15) is 0 Å². The van der Waals surface area contributed by atoms with Crippen molar-refractivity contribution in [3.63, 3.8) is 0 Å². The van der Waals surface area contributed by atoms with Crippen molar-refractivity contribution >= 4 is 43.4 Å². The van der Waals surface area contributed by atoms with E-state index < -0.39 is 0 Å². The van der Waals surface area contributed by atoms with Gasteiger partial charge in [0.2, 0.25) is 5.91 Å². The fourth-order valence-electron chi connectivity index (χ4n) is 3.85. The molecule has 0 saturated carbocycles. The van der Waals surface area contributed by atoms with Gasteiger partial charge in [-0.15, -0.1) is 0 Å². The smallest absolute Gasteiger partial charge is 0.230 e. The maximum atomic E-state index is 12.4. The SMILES string of the molecule is COc1ccc(CC(=O)Nc2nc3c(cc4c5c(cccc53)CC4)s2)cc1. The first-order chi connectivity index (χ1) is 13.2. The third-order valence-corrected chi connectivity index (χ3v) is 6.04. The number of fused-ring (bicyclic) bond motifs is 2. The molecular weight excluding hydrogens is 356 g/mol. The van der Waals surface area contributed by atoms with E-state index in [9.17, 15) is 4.79 Å². The number of hydrogen-bond donors (Lipinski definition) is 1. The number of nitrogens with one attached hydrogen (secondary N) is 1. The van der Waals surface area contributed by atoms with Crippen LogP contribution in [0, 0.1) is 0 Å². The third kappa shape index (κ3) is 2.84. The molecule has 0 aliphatic heterocycles. The highest BCUT2D eigenvalue weighted by molar-refractivity contribution is 7.22. The van der Waals surface area contributed by atoms with E-state index in [1.165, 1.54) is 21.9 Å². The Hall–Kier alpha value is -2.92. The van der Waals surface area contributed by atoms with Crippen molar-refractivity contribution in [1.82, 2.24) is 4.98 Å². The van der Waals surface area contributed by atoms with Gasteiger partial charge >= 0.3 is 0 Å². The maximum Gasteiger partial charge on any atom is 0.230 e. The number of anilines is 1. The number of nitrogens with zero attached hydrogens (tertiary/aromatic N) is 1. The van der Waals surface area contributed by atoms with Gasteiger partial charge < -0.3 is 10.1 Å². The molecule has 134 valence electrons. The first kappa shape index (κ1) is 16.3. The molecule has 1 aromatic heterocycles. The number of aromatic nitrogens is 1. The minimum absolute atomic E-state index is 0.0588. The number of thiazole rings is 1. The number of methoxy groups -OCH3 is 1. The zero-order chi connectivity index (χ0) is 18.4. The number of carbonyl (C=O) groups is 1. The van der Waals surface area contributed by atoms with E-state index in [1.807, 2.05) is 24.3 Å². The van der Waals surface area contributed by atoms with Crippen LogP contribution in [0.15, 0.2) is 48.5 Å². The Morgan fingerprint density at radius 1 is 1.15 bits per heavy atom. The predicted molar refractivity (Wildman–Crippen MR) is 110 cm³/mol. The van der Waals surface area contributed by atoms with Gasteiger partial charge in [0.1, 0.15) is 5.75 Å². The van der Waals surface area contributed by atoms with Crippen LogP contribution >= 0.6 is 11.3 Å². The summed E-state index contributed by atoms with van der Waals surface area (Å²) in [5, 5.41) is 6.17. The largest absolute Gasteiger partial charge is 0.497 e. The molecule has 0 unspecified atom stereocenters. The highest BCUT2D eigenvalue weighted by Crippen LogP contribution is 2.39. The number of benzene rings is 3. The lowest BCUT2D eigenvalue weighted by molar-refractivity contribution is -0.115. The Kier molecular flexibility index (Phi) is 3.83. The van der Waals surface area contributed by atoms with Crippen LogP contribution in [0.3, 0.4) is 0 Å². The fourth-order valence-corrected chi connectivity index (χ4v) is 4.81. The fraction of sp³-hybridized carbons (Fsp3) is 0.182. The molecule has 4 aromatic rings. The van der Waals surface area contributed by atoms with Crippen LogP contribution in [0.5, 0.6) is 5.75 Å². The molecule has 0 radical (unpaired) electrons. The summed E-state index contributed by atoms with van der Waals surface area (Å²) in [6.07, 6.45) is 2.51. The molecule has 27 heavy (non-hydrogen) atoms. The molecule has 1 heterocycles. The van der Waals surface area contributed by atoms with Crippen LogP contribution in [0.25, 0.3) is 21.0 Å². The minimum atomic E-state index is -0.0588. The molecule has 0 spiro atoms. The molecule has 0 bridgehead atoms. The lowest BCUT2D eigenvalue weighted by Crippen LogP contribution is -2.14. The van der Waals surface area contributed by atoms with Gasteiger partial charge in [-0.25, -0.2) is 4.98 Å². The average molecular weight is 374 g/mol. The zero-order valence-electron chi connectivity index (χ0n) is 14.9. The van der Waals surface area contributed by atoms with Crippen LogP contribution in [-0.4, -0.2) is 18.0 Å². The summed E-state index contributed by atoms with van der Waals surface area (Å²) in [5.41, 5.74) is 4.73. The van der Waals surface area contributed by atoms with Crippen molar-refractivity contribution in [2.45, 2.75) is 19.3 Å². The molecule has 1 aliphatic rings. The molecule has 5 rings (SSSR count). The van der Waals surface area contributed by atoms with Crippen LogP contribution < -0.4 is 10.1 Å². The van der Waals surface area contributed by atoms with Gasteiger partial charge in [-0.1, -0.05) is 41.7 Å². The average Bonchev–Trinajstić information content (AvgIpc) is 3.27. The van der Waals surface area contributed by atoms with Crippen molar-refractivity contribution in [2.75, 3.05) is 12.4 Å². The van der Waals surface area contributed by atoms with Crippen molar-refractivity contribution in [3.05, 3.63) is 65.2 Å². The number of carbonyl (C=O) groups excluding carboxylic acids is 1. The zero-order valence-corrected chi connectivity index (χ0v) is 15.7. The second kappa shape index (κ2) is 6.35. The van der Waals surface area contributed by atoms with Crippen molar-refractivity contribution in [2.24, 2.45) is 0 Å². The third-order valence-electron chi connectivity index (χ3n) is 5.12. The number of rotatable bonds is 4. The highest BCUT2D eigenvalue weighted by atomic mass is 32.1. The summed E-state index contributed by atoms with van der Waals surface area (Å²) in [5.74, 6) is 0.727. The van der Waals surface area contributed by atoms with Crippen LogP contribution in [0.1, 0.15) is 16.7 Å². The predicted octanol–water partition coefficient (Wildman–Crippen LogP) is 4.74. The monoisotopic (exact) mass is 374 g/mol. The molecule has 0 saturated heterocycles. The standard InChI is InChI=1S/C22H18N2O2S/c1-26-16-9-5-13(6-10-16)11-19(25)23-22-24-21-17-4-2-3-14-7-8-15(20(14)17)12-18(21)27-22/h2-6,9-10,12H,7-8,11H2,1H3,(H,23,24,25). The maximum absolute atomic E-state index is 12.4. The molecule has 0 fully saturated rings. The summed E-state index contributed by atoms with van der Waals surface area (Å²) >= 11 is 1.55. The van der Waals surface area contributed by atoms with E-state index in [0.29, 0.717) is 11.6 Å². The van der Waals surface area contributed by atoms with Crippen LogP contribution in [0.2, 0.25) is 0 Å². The van der Waals surface area contributed by atoms with E-state index >= 15 is 0 Å². The Balaban J connectivity index is 1.43. The Morgan fingerprint density at radius 2 is 1.96 bits per heavy atom. The van der Waals surface area contributed by atoms with E-state index in [2.05, 4.69) is 29.6 Å². The summed E-state index contributed by atoms with van der Waals surface area (Å²) in [6.45, 7) is 0. The van der Waals surface area contributed by atoms with E-state index in [0.717, 1.165) is 34.4 Å². The lowest BCUT2D eigenvalue weighted by Gasteiger charge is -2.03. The lowest BCUT2D eigenvalue weighted by atomic mass is 10.0. The normalized spacial score (nSPS) is 12.6. The van der Waals surface area contributed by atoms with Crippen molar-refractivity contribution < 1.29 is 9.53 Å².